The minimum absolute atomic E-state index is 0.995. The van der Waals surface area contributed by atoms with Gasteiger partial charge in [0.25, 0.3) is 0 Å². The molecule has 0 aliphatic carbocycles. The molecule has 0 fully saturated rings. The zero-order valence-corrected chi connectivity index (χ0v) is 8.09. The first-order valence-corrected chi connectivity index (χ1v) is 4.84. The largest absolute Gasteiger partial charge is 0.240 e. The molecular formula is C13H9N2. The van der Waals surface area contributed by atoms with Crippen LogP contribution in [0, 0.1) is 6.07 Å². The maximum Gasteiger partial charge on any atom is 0.0741 e. The molecule has 2 heterocycles. The summed E-state index contributed by atoms with van der Waals surface area (Å²) in [5.41, 5.74) is 3.37. The monoisotopic (exact) mass is 193 g/mol. The third-order valence-electron chi connectivity index (χ3n) is 2.43. The van der Waals surface area contributed by atoms with E-state index in [0.717, 1.165) is 5.52 Å². The van der Waals surface area contributed by atoms with Crippen molar-refractivity contribution in [3.8, 4) is 11.1 Å². The van der Waals surface area contributed by atoms with E-state index in [1.165, 1.54) is 11.1 Å². The smallest absolute Gasteiger partial charge is 0.0741 e. The van der Waals surface area contributed by atoms with Crippen molar-refractivity contribution < 1.29 is 0 Å². The highest BCUT2D eigenvalue weighted by Crippen LogP contribution is 2.18. The normalized spacial score (nSPS) is 10.7. The Labute approximate surface area is 87.8 Å². The third kappa shape index (κ3) is 1.40. The fourth-order valence-electron chi connectivity index (χ4n) is 1.66. The summed E-state index contributed by atoms with van der Waals surface area (Å²) >= 11 is 0. The molecule has 1 aromatic carbocycles. The molecule has 2 heteroatoms. The summed E-state index contributed by atoms with van der Waals surface area (Å²) in [6, 6.07) is 17.4. The van der Waals surface area contributed by atoms with Gasteiger partial charge < -0.3 is 0 Å². The molecule has 0 aliphatic rings. The highest BCUT2D eigenvalue weighted by atomic mass is 15.2. The molecule has 0 bridgehead atoms. The zero-order chi connectivity index (χ0) is 10.1. The van der Waals surface area contributed by atoms with Gasteiger partial charge in [0.05, 0.1) is 11.7 Å². The average molecular weight is 193 g/mol. The summed E-state index contributed by atoms with van der Waals surface area (Å²) in [4.78, 5) is 0. The molecule has 0 spiro atoms. The Morgan fingerprint density at radius 2 is 1.80 bits per heavy atom. The molecule has 0 N–H and O–H groups in total. The fourth-order valence-corrected chi connectivity index (χ4v) is 1.66. The van der Waals surface area contributed by atoms with Gasteiger partial charge in [-0.05, 0) is 11.6 Å². The second-order valence-corrected chi connectivity index (χ2v) is 3.40. The van der Waals surface area contributed by atoms with Crippen LogP contribution < -0.4 is 0 Å². The van der Waals surface area contributed by atoms with E-state index in [9.17, 15) is 0 Å². The lowest BCUT2D eigenvalue weighted by molar-refractivity contribution is 0.963. The van der Waals surface area contributed by atoms with Crippen molar-refractivity contribution in [3.05, 3.63) is 60.9 Å². The van der Waals surface area contributed by atoms with Crippen molar-refractivity contribution in [1.29, 1.82) is 0 Å². The van der Waals surface area contributed by atoms with E-state index < -0.39 is 0 Å². The molecule has 1 radical (unpaired) electrons. The van der Waals surface area contributed by atoms with E-state index >= 15 is 0 Å². The molecule has 0 atom stereocenters. The molecule has 0 saturated carbocycles. The van der Waals surface area contributed by atoms with Crippen molar-refractivity contribution in [2.75, 3.05) is 0 Å². The SMILES string of the molecule is [c]1cnn2cc(-c3ccccc3)ccc12. The van der Waals surface area contributed by atoms with E-state index in [-0.39, 0.29) is 0 Å². The lowest BCUT2D eigenvalue weighted by Gasteiger charge is -2.01. The Balaban J connectivity index is 2.19. The molecule has 0 saturated heterocycles. The number of hydrogen-bond acceptors (Lipinski definition) is 1. The van der Waals surface area contributed by atoms with Gasteiger partial charge in [0, 0.05) is 17.8 Å². The van der Waals surface area contributed by atoms with Crippen molar-refractivity contribution >= 4 is 5.52 Å². The van der Waals surface area contributed by atoms with Gasteiger partial charge in [-0.15, -0.1) is 0 Å². The fraction of sp³-hybridized carbons (Fsp3) is 0. The van der Waals surface area contributed by atoms with Crippen LogP contribution in [0.4, 0.5) is 0 Å². The van der Waals surface area contributed by atoms with Crippen LogP contribution in [-0.2, 0) is 0 Å². The van der Waals surface area contributed by atoms with Gasteiger partial charge in [-0.2, -0.15) is 5.10 Å². The summed E-state index contributed by atoms with van der Waals surface area (Å²) in [6.45, 7) is 0. The van der Waals surface area contributed by atoms with Crippen LogP contribution in [0.1, 0.15) is 0 Å². The second-order valence-electron chi connectivity index (χ2n) is 3.40. The van der Waals surface area contributed by atoms with E-state index in [0.29, 0.717) is 0 Å². The maximum absolute atomic E-state index is 4.17. The summed E-state index contributed by atoms with van der Waals surface area (Å²) < 4.78 is 1.84. The highest BCUT2D eigenvalue weighted by Gasteiger charge is 1.98. The minimum Gasteiger partial charge on any atom is -0.240 e. The van der Waals surface area contributed by atoms with E-state index in [2.05, 4.69) is 29.4 Å². The van der Waals surface area contributed by atoms with Crippen LogP contribution in [0.25, 0.3) is 16.6 Å². The standard InChI is InChI=1S/C13H9N2/c1-2-4-11(5-3-1)12-6-7-13-8-9-14-15(13)10-12/h1-7,9-10H. The minimum atomic E-state index is 0.995. The van der Waals surface area contributed by atoms with Gasteiger partial charge in [0.15, 0.2) is 0 Å². The zero-order valence-electron chi connectivity index (χ0n) is 8.09. The van der Waals surface area contributed by atoms with Crippen LogP contribution in [0.15, 0.2) is 54.9 Å². The van der Waals surface area contributed by atoms with Gasteiger partial charge >= 0.3 is 0 Å². The van der Waals surface area contributed by atoms with Crippen LogP contribution in [0.2, 0.25) is 0 Å². The number of pyridine rings is 1. The Hall–Kier alpha value is -2.09. The predicted octanol–water partition coefficient (Wildman–Crippen LogP) is 2.80. The molecule has 0 aliphatic heterocycles. The molecule has 15 heavy (non-hydrogen) atoms. The third-order valence-corrected chi connectivity index (χ3v) is 2.43. The van der Waals surface area contributed by atoms with Gasteiger partial charge in [-0.1, -0.05) is 36.4 Å². The van der Waals surface area contributed by atoms with Gasteiger partial charge in [0.2, 0.25) is 0 Å². The van der Waals surface area contributed by atoms with Gasteiger partial charge in [-0.3, -0.25) is 0 Å². The highest BCUT2D eigenvalue weighted by molar-refractivity contribution is 5.64. The molecule has 3 aromatic rings. The molecule has 71 valence electrons. The molecule has 0 unspecified atom stereocenters. The average Bonchev–Trinajstić information content (AvgIpc) is 2.77. The summed E-state index contributed by atoms with van der Waals surface area (Å²) in [5.74, 6) is 0. The lowest BCUT2D eigenvalue weighted by atomic mass is 10.1. The molecular weight excluding hydrogens is 184 g/mol. The van der Waals surface area contributed by atoms with Gasteiger partial charge in [0.1, 0.15) is 0 Å². The number of rotatable bonds is 1. The van der Waals surface area contributed by atoms with E-state index in [4.69, 9.17) is 0 Å². The molecule has 2 aromatic heterocycles. The molecule has 2 nitrogen and oxygen atoms in total. The topological polar surface area (TPSA) is 17.3 Å². The first-order valence-electron chi connectivity index (χ1n) is 4.84. The molecule has 0 amide bonds. The van der Waals surface area contributed by atoms with Crippen molar-refractivity contribution in [3.63, 3.8) is 0 Å². The van der Waals surface area contributed by atoms with E-state index in [1.807, 2.05) is 35.0 Å². The quantitative estimate of drug-likeness (QED) is 0.581. The summed E-state index contributed by atoms with van der Waals surface area (Å²) in [6.07, 6.45) is 3.70. The lowest BCUT2D eigenvalue weighted by Crippen LogP contribution is -1.87. The number of aromatic nitrogens is 2. The number of benzene rings is 1. The summed E-state index contributed by atoms with van der Waals surface area (Å²) in [5, 5.41) is 4.17. The van der Waals surface area contributed by atoms with Crippen LogP contribution in [0.3, 0.4) is 0 Å². The van der Waals surface area contributed by atoms with E-state index in [1.54, 1.807) is 6.20 Å². The summed E-state index contributed by atoms with van der Waals surface area (Å²) in [7, 11) is 0. The first-order chi connectivity index (χ1) is 7.43. The Morgan fingerprint density at radius 1 is 0.933 bits per heavy atom. The van der Waals surface area contributed by atoms with Crippen LogP contribution in [0.5, 0.6) is 0 Å². The van der Waals surface area contributed by atoms with Gasteiger partial charge in [-0.25, -0.2) is 4.52 Å². The Kier molecular flexibility index (Phi) is 1.78. The van der Waals surface area contributed by atoms with Crippen molar-refractivity contribution in [1.82, 2.24) is 9.61 Å². The maximum atomic E-state index is 4.17. The Bertz CT molecular complexity index is 582. The first kappa shape index (κ1) is 8.24. The number of fused-ring (bicyclic) bond motifs is 1. The van der Waals surface area contributed by atoms with Crippen LogP contribution in [-0.4, -0.2) is 9.61 Å². The number of hydrogen-bond donors (Lipinski definition) is 0. The Morgan fingerprint density at radius 3 is 2.67 bits per heavy atom. The van der Waals surface area contributed by atoms with Crippen molar-refractivity contribution in [2.45, 2.75) is 0 Å². The molecule has 3 rings (SSSR count). The number of nitrogens with zero attached hydrogens (tertiary/aromatic N) is 2. The predicted molar refractivity (Wildman–Crippen MR) is 59.5 cm³/mol. The second kappa shape index (κ2) is 3.24. The van der Waals surface area contributed by atoms with Crippen LogP contribution >= 0.6 is 0 Å². The van der Waals surface area contributed by atoms with Crippen molar-refractivity contribution in [2.24, 2.45) is 0 Å².